The Morgan fingerprint density at radius 1 is 0.950 bits per heavy atom. The van der Waals surface area contributed by atoms with E-state index in [1.165, 1.54) is 32.1 Å². The van der Waals surface area contributed by atoms with Gasteiger partial charge in [0.25, 0.3) is 0 Å². The molecular formula is C15H33NO4. The number of nitrogens with one attached hydrogen (secondary N) is 1. The summed E-state index contributed by atoms with van der Waals surface area (Å²) in [4.78, 5) is 0. The predicted molar refractivity (Wildman–Crippen MR) is 80.3 cm³/mol. The number of hydroxylamine groups is 2. The monoisotopic (exact) mass is 291 g/mol. The highest BCUT2D eigenvalue weighted by molar-refractivity contribution is 4.48. The third kappa shape index (κ3) is 15.9. The molecule has 0 fully saturated rings. The zero-order valence-corrected chi connectivity index (χ0v) is 13.1. The van der Waals surface area contributed by atoms with Crippen molar-refractivity contribution in [2.75, 3.05) is 26.3 Å². The number of hydrogen-bond acceptors (Lipinski definition) is 4. The Kier molecular flexibility index (Phi) is 13.6. The normalized spacial score (nSPS) is 13.3. The smallest absolute Gasteiger partial charge is 0.202 e. The summed E-state index contributed by atoms with van der Waals surface area (Å²) in [6, 6.07) is 0. The molecular weight excluding hydrogens is 258 g/mol. The number of ether oxygens (including phenoxy) is 1. The first kappa shape index (κ1) is 19.8. The average Bonchev–Trinajstić information content (AvgIpc) is 2.34. The van der Waals surface area contributed by atoms with E-state index in [-0.39, 0.29) is 11.6 Å². The summed E-state index contributed by atoms with van der Waals surface area (Å²) in [5.41, 5.74) is 0. The highest BCUT2D eigenvalue weighted by Gasteiger charge is 2.03. The van der Waals surface area contributed by atoms with Crippen LogP contribution in [0.2, 0.25) is 0 Å². The molecule has 0 rings (SSSR count). The second-order valence-electron chi connectivity index (χ2n) is 5.89. The minimum atomic E-state index is -1.51. The highest BCUT2D eigenvalue weighted by Crippen LogP contribution is 2.10. The summed E-state index contributed by atoms with van der Waals surface area (Å²) in [5.74, 6) is 0.813. The molecule has 1 atom stereocenters. The molecule has 5 heteroatoms. The van der Waals surface area contributed by atoms with Crippen molar-refractivity contribution in [3.05, 3.63) is 5.21 Å². The lowest BCUT2D eigenvalue weighted by Gasteiger charge is -2.22. The minimum Gasteiger partial charge on any atom is -0.634 e. The Morgan fingerprint density at radius 2 is 1.55 bits per heavy atom. The van der Waals surface area contributed by atoms with Gasteiger partial charge in [-0.15, -0.1) is 0 Å². The number of rotatable bonds is 14. The van der Waals surface area contributed by atoms with Crippen molar-refractivity contribution in [3.63, 3.8) is 0 Å². The lowest BCUT2D eigenvalue weighted by molar-refractivity contribution is -0.855. The molecule has 0 aromatic heterocycles. The van der Waals surface area contributed by atoms with Gasteiger partial charge in [-0.3, -0.25) is 0 Å². The van der Waals surface area contributed by atoms with Crippen LogP contribution < -0.4 is 5.06 Å². The van der Waals surface area contributed by atoms with Crippen LogP contribution in [0.3, 0.4) is 0 Å². The van der Waals surface area contributed by atoms with Crippen LogP contribution in [-0.4, -0.2) is 42.8 Å². The van der Waals surface area contributed by atoms with Crippen LogP contribution in [-0.2, 0) is 4.74 Å². The molecule has 0 radical (unpaired) electrons. The molecule has 1 unspecified atom stereocenters. The van der Waals surface area contributed by atoms with E-state index >= 15 is 0 Å². The van der Waals surface area contributed by atoms with Crippen LogP contribution in [0.4, 0.5) is 0 Å². The predicted octanol–water partition coefficient (Wildman–Crippen LogP) is 1.08. The molecule has 0 aliphatic heterocycles. The number of aliphatic hydroxyl groups is 2. The first-order chi connectivity index (χ1) is 9.52. The summed E-state index contributed by atoms with van der Waals surface area (Å²) in [7, 11) is 0. The van der Waals surface area contributed by atoms with E-state index in [0.29, 0.717) is 19.6 Å². The standard InChI is InChI=1S/C15H33NO4/c1-14(2)9-6-4-3-5-7-11-20-12-8-10-16(19)13-15(17)18/h14-18H,3-13H2,1-2H3. The van der Waals surface area contributed by atoms with Gasteiger partial charge < -0.3 is 25.2 Å². The molecule has 0 aliphatic rings. The summed E-state index contributed by atoms with van der Waals surface area (Å²) >= 11 is 0. The number of quaternary nitrogens is 1. The molecule has 0 saturated carbocycles. The van der Waals surface area contributed by atoms with E-state index in [9.17, 15) is 5.21 Å². The van der Waals surface area contributed by atoms with E-state index in [1.54, 1.807) is 0 Å². The van der Waals surface area contributed by atoms with Crippen LogP contribution in [0, 0.1) is 11.1 Å². The van der Waals surface area contributed by atoms with Crippen LogP contribution in [0.15, 0.2) is 0 Å². The maximum Gasteiger partial charge on any atom is 0.202 e. The van der Waals surface area contributed by atoms with Crippen LogP contribution >= 0.6 is 0 Å². The molecule has 0 heterocycles. The molecule has 0 aromatic carbocycles. The van der Waals surface area contributed by atoms with Gasteiger partial charge in [-0.05, 0) is 12.3 Å². The fraction of sp³-hybridized carbons (Fsp3) is 1.00. The second kappa shape index (κ2) is 13.8. The van der Waals surface area contributed by atoms with Gasteiger partial charge in [0.05, 0.1) is 13.2 Å². The molecule has 0 spiro atoms. The molecule has 0 bridgehead atoms. The number of unbranched alkanes of at least 4 members (excludes halogenated alkanes) is 4. The van der Waals surface area contributed by atoms with E-state index < -0.39 is 6.29 Å². The summed E-state index contributed by atoms with van der Waals surface area (Å²) in [5, 5.41) is 28.3. The quantitative estimate of drug-likeness (QED) is 0.254. The van der Waals surface area contributed by atoms with Crippen molar-refractivity contribution in [3.8, 4) is 0 Å². The number of hydrogen-bond donors (Lipinski definition) is 3. The zero-order chi connectivity index (χ0) is 15.2. The van der Waals surface area contributed by atoms with E-state index in [2.05, 4.69) is 13.8 Å². The van der Waals surface area contributed by atoms with Crippen LogP contribution in [0.5, 0.6) is 0 Å². The first-order valence-electron chi connectivity index (χ1n) is 7.98. The molecule has 0 aliphatic carbocycles. The van der Waals surface area contributed by atoms with E-state index in [0.717, 1.165) is 18.9 Å². The van der Waals surface area contributed by atoms with Gasteiger partial charge in [0.2, 0.25) is 6.29 Å². The SMILES string of the molecule is CC(C)CCCCCCCOCCC[NH+]([O-])CC(O)O. The van der Waals surface area contributed by atoms with Gasteiger partial charge in [0.15, 0.2) is 0 Å². The third-order valence-electron chi connectivity index (χ3n) is 3.22. The maximum atomic E-state index is 11.2. The molecule has 0 saturated heterocycles. The summed E-state index contributed by atoms with van der Waals surface area (Å²) < 4.78 is 5.46. The summed E-state index contributed by atoms with van der Waals surface area (Å²) in [6.07, 6.45) is 6.71. The Bertz CT molecular complexity index is 200. The van der Waals surface area contributed by atoms with E-state index in [4.69, 9.17) is 14.9 Å². The molecule has 0 amide bonds. The first-order valence-corrected chi connectivity index (χ1v) is 7.98. The van der Waals surface area contributed by atoms with Gasteiger partial charge in [0, 0.05) is 13.0 Å². The molecule has 3 N–H and O–H groups in total. The largest absolute Gasteiger partial charge is 0.634 e. The third-order valence-corrected chi connectivity index (χ3v) is 3.22. The second-order valence-corrected chi connectivity index (χ2v) is 5.89. The Hall–Kier alpha value is -0.200. The molecule has 0 aromatic rings. The average molecular weight is 291 g/mol. The zero-order valence-electron chi connectivity index (χ0n) is 13.1. The maximum absolute atomic E-state index is 11.2. The Labute approximate surface area is 123 Å². The van der Waals surface area contributed by atoms with Gasteiger partial charge >= 0.3 is 0 Å². The van der Waals surface area contributed by atoms with Crippen molar-refractivity contribution in [2.45, 2.75) is 65.1 Å². The fourth-order valence-corrected chi connectivity index (χ4v) is 2.07. The van der Waals surface area contributed by atoms with Gasteiger partial charge in [-0.25, -0.2) is 0 Å². The minimum absolute atomic E-state index is 0.117. The van der Waals surface area contributed by atoms with Crippen LogP contribution in [0.25, 0.3) is 0 Å². The Balaban J connectivity index is 3.10. The van der Waals surface area contributed by atoms with Crippen molar-refractivity contribution < 1.29 is 20.0 Å². The molecule has 122 valence electrons. The van der Waals surface area contributed by atoms with Crippen molar-refractivity contribution in [1.82, 2.24) is 0 Å². The van der Waals surface area contributed by atoms with Crippen LogP contribution in [0.1, 0.15) is 58.8 Å². The number of aliphatic hydroxyl groups excluding tert-OH is 1. The molecule has 5 nitrogen and oxygen atoms in total. The van der Waals surface area contributed by atoms with E-state index in [1.807, 2.05) is 0 Å². The van der Waals surface area contributed by atoms with Gasteiger partial charge in [-0.2, -0.15) is 0 Å². The summed E-state index contributed by atoms with van der Waals surface area (Å²) in [6.45, 7) is 6.07. The fourth-order valence-electron chi connectivity index (χ4n) is 2.07. The van der Waals surface area contributed by atoms with Crippen molar-refractivity contribution in [2.24, 2.45) is 5.92 Å². The lowest BCUT2D eigenvalue weighted by atomic mass is 10.0. The Morgan fingerprint density at radius 3 is 2.20 bits per heavy atom. The van der Waals surface area contributed by atoms with Crippen molar-refractivity contribution in [1.29, 1.82) is 0 Å². The molecule has 20 heavy (non-hydrogen) atoms. The highest BCUT2D eigenvalue weighted by atomic mass is 16.5. The van der Waals surface area contributed by atoms with Crippen molar-refractivity contribution >= 4 is 0 Å². The topological polar surface area (TPSA) is 77.2 Å². The lowest BCUT2D eigenvalue weighted by Crippen LogP contribution is -3.08. The van der Waals surface area contributed by atoms with Gasteiger partial charge in [0.1, 0.15) is 6.54 Å². The van der Waals surface area contributed by atoms with Gasteiger partial charge in [-0.1, -0.05) is 46.0 Å².